The first kappa shape index (κ1) is 18.2. The van der Waals surface area contributed by atoms with Gasteiger partial charge >= 0.3 is 6.03 Å². The van der Waals surface area contributed by atoms with Gasteiger partial charge in [0.2, 0.25) is 0 Å². The van der Waals surface area contributed by atoms with Crippen molar-refractivity contribution in [1.82, 2.24) is 10.6 Å². The number of nitro benzene ring substituents is 1. The van der Waals surface area contributed by atoms with Crippen molar-refractivity contribution in [2.24, 2.45) is 0 Å². The molecule has 3 aromatic rings. The van der Waals surface area contributed by atoms with Gasteiger partial charge in [-0.15, -0.1) is 0 Å². The molecule has 7 heteroatoms. The van der Waals surface area contributed by atoms with Crippen LogP contribution in [0.25, 0.3) is 17.0 Å². The fourth-order valence-corrected chi connectivity index (χ4v) is 4.25. The van der Waals surface area contributed by atoms with Crippen LogP contribution in [0, 0.1) is 17.0 Å². The van der Waals surface area contributed by atoms with Crippen LogP contribution in [-0.2, 0) is 6.42 Å². The number of hydrogen-bond acceptors (Lipinski definition) is 4. The molecule has 0 bridgehead atoms. The average molecular weight is 401 g/mol. The monoisotopic (exact) mass is 401 g/mol. The van der Waals surface area contributed by atoms with Crippen LogP contribution in [0.15, 0.2) is 64.6 Å². The van der Waals surface area contributed by atoms with E-state index in [1.165, 1.54) is 11.6 Å². The Kier molecular flexibility index (Phi) is 4.17. The second-order valence-electron chi connectivity index (χ2n) is 7.57. The molecule has 2 amide bonds. The molecule has 0 fully saturated rings. The Morgan fingerprint density at radius 3 is 2.73 bits per heavy atom. The first-order chi connectivity index (χ1) is 14.5. The minimum Gasteiger partial charge on any atom is -0.458 e. The second kappa shape index (κ2) is 6.88. The van der Waals surface area contributed by atoms with E-state index in [0.29, 0.717) is 17.1 Å². The maximum Gasteiger partial charge on any atom is 0.320 e. The van der Waals surface area contributed by atoms with Crippen molar-refractivity contribution < 1.29 is 14.1 Å². The lowest BCUT2D eigenvalue weighted by Crippen LogP contribution is -2.44. The van der Waals surface area contributed by atoms with Gasteiger partial charge in [0.25, 0.3) is 5.69 Å². The molecule has 0 spiro atoms. The summed E-state index contributed by atoms with van der Waals surface area (Å²) in [6.45, 7) is 1.81. The lowest BCUT2D eigenvalue weighted by molar-refractivity contribution is -0.384. The number of nitrogens with one attached hydrogen (secondary N) is 2. The zero-order chi connectivity index (χ0) is 20.8. The fourth-order valence-electron chi connectivity index (χ4n) is 4.25. The number of hydrogen-bond donors (Lipinski definition) is 2. The van der Waals surface area contributed by atoms with Crippen molar-refractivity contribution >= 4 is 17.4 Å². The number of rotatable bonds is 3. The molecule has 150 valence electrons. The summed E-state index contributed by atoms with van der Waals surface area (Å²) in [6, 6.07) is 15.9. The van der Waals surface area contributed by atoms with Crippen molar-refractivity contribution in [3.8, 4) is 11.3 Å². The summed E-state index contributed by atoms with van der Waals surface area (Å²) in [5.41, 5.74) is 5.32. The Bertz CT molecular complexity index is 1220. The largest absolute Gasteiger partial charge is 0.458 e. The van der Waals surface area contributed by atoms with E-state index in [0.717, 1.165) is 35.2 Å². The third kappa shape index (κ3) is 2.95. The minimum absolute atomic E-state index is 0.00301. The van der Waals surface area contributed by atoms with Gasteiger partial charge in [-0.3, -0.25) is 10.1 Å². The van der Waals surface area contributed by atoms with Gasteiger partial charge < -0.3 is 15.1 Å². The molecule has 1 aliphatic heterocycles. The zero-order valence-electron chi connectivity index (χ0n) is 16.3. The first-order valence-corrected chi connectivity index (χ1v) is 9.75. The molecule has 5 rings (SSSR count). The van der Waals surface area contributed by atoms with Gasteiger partial charge in [-0.05, 0) is 54.7 Å². The van der Waals surface area contributed by atoms with Gasteiger partial charge in [-0.25, -0.2) is 4.79 Å². The highest BCUT2D eigenvalue weighted by Gasteiger charge is 2.34. The standard InChI is InChI=1S/C23H19N3O4/c1-13-6-8-16(18(12-13)26(28)29)19-10-11-20(30-19)22-17-9-7-14-4-2-3-5-15(14)21(17)24-23(27)25-22/h2-6,8,10-12,22H,7,9H2,1H3,(H2,24,25,27). The Balaban J connectivity index is 1.57. The van der Waals surface area contributed by atoms with Crippen LogP contribution in [0.4, 0.5) is 10.5 Å². The van der Waals surface area contributed by atoms with E-state index in [4.69, 9.17) is 4.42 Å². The molecule has 1 aromatic heterocycles. The maximum atomic E-state index is 12.4. The first-order valence-electron chi connectivity index (χ1n) is 9.75. The van der Waals surface area contributed by atoms with Crippen molar-refractivity contribution in [3.63, 3.8) is 0 Å². The van der Waals surface area contributed by atoms with E-state index in [1.54, 1.807) is 18.2 Å². The number of nitrogens with zero attached hydrogens (tertiary/aromatic N) is 1. The van der Waals surface area contributed by atoms with Crippen molar-refractivity contribution in [3.05, 3.63) is 92.7 Å². The van der Waals surface area contributed by atoms with Gasteiger partial charge in [-0.1, -0.05) is 30.3 Å². The molecule has 2 aliphatic rings. The van der Waals surface area contributed by atoms with Crippen LogP contribution in [-0.4, -0.2) is 11.0 Å². The van der Waals surface area contributed by atoms with E-state index in [1.807, 2.05) is 31.2 Å². The highest BCUT2D eigenvalue weighted by atomic mass is 16.6. The topological polar surface area (TPSA) is 97.4 Å². The summed E-state index contributed by atoms with van der Waals surface area (Å²) in [5, 5.41) is 17.4. The second-order valence-corrected chi connectivity index (χ2v) is 7.57. The molecule has 0 saturated carbocycles. The van der Waals surface area contributed by atoms with Gasteiger partial charge in [0.15, 0.2) is 0 Å². The molecule has 2 heterocycles. The van der Waals surface area contributed by atoms with Gasteiger partial charge in [-0.2, -0.15) is 0 Å². The molecule has 0 saturated heterocycles. The van der Waals surface area contributed by atoms with Gasteiger partial charge in [0, 0.05) is 11.6 Å². The lowest BCUT2D eigenvalue weighted by Gasteiger charge is -2.33. The fraction of sp³-hybridized carbons (Fsp3) is 0.174. The highest BCUT2D eigenvalue weighted by molar-refractivity contribution is 5.91. The van der Waals surface area contributed by atoms with Crippen LogP contribution in [0.2, 0.25) is 0 Å². The molecule has 30 heavy (non-hydrogen) atoms. The third-order valence-electron chi connectivity index (χ3n) is 5.66. The van der Waals surface area contributed by atoms with Crippen LogP contribution in [0.1, 0.15) is 34.9 Å². The minimum atomic E-state index is -0.416. The van der Waals surface area contributed by atoms with Crippen LogP contribution in [0.5, 0.6) is 0 Å². The molecule has 1 atom stereocenters. The summed E-state index contributed by atoms with van der Waals surface area (Å²) >= 11 is 0. The quantitative estimate of drug-likeness (QED) is 0.483. The SMILES string of the molecule is Cc1ccc(-c2ccc(C3NC(=O)NC4=C3CCc3ccccc34)o2)c([N+](=O)[O-])c1. The number of fused-ring (bicyclic) bond motifs is 2. The summed E-state index contributed by atoms with van der Waals surface area (Å²) in [4.78, 5) is 23.5. The third-order valence-corrected chi connectivity index (χ3v) is 5.66. The van der Waals surface area contributed by atoms with Gasteiger partial charge in [0.05, 0.1) is 16.2 Å². The summed E-state index contributed by atoms with van der Waals surface area (Å²) < 4.78 is 6.04. The summed E-state index contributed by atoms with van der Waals surface area (Å²) in [7, 11) is 0. The maximum absolute atomic E-state index is 12.4. The highest BCUT2D eigenvalue weighted by Crippen LogP contribution is 2.40. The Hall–Kier alpha value is -3.87. The van der Waals surface area contributed by atoms with Gasteiger partial charge in [0.1, 0.15) is 17.6 Å². The van der Waals surface area contributed by atoms with E-state index in [2.05, 4.69) is 16.7 Å². The van der Waals surface area contributed by atoms with Crippen LogP contribution in [0.3, 0.4) is 0 Å². The van der Waals surface area contributed by atoms with Crippen molar-refractivity contribution in [1.29, 1.82) is 0 Å². The zero-order valence-corrected chi connectivity index (χ0v) is 16.3. The average Bonchev–Trinajstić information content (AvgIpc) is 3.23. The van der Waals surface area contributed by atoms with Crippen molar-refractivity contribution in [2.75, 3.05) is 0 Å². The number of carbonyl (C=O) groups is 1. The molecule has 2 aromatic carbocycles. The Morgan fingerprint density at radius 1 is 1.07 bits per heavy atom. The van der Waals surface area contributed by atoms with E-state index in [-0.39, 0.29) is 11.7 Å². The van der Waals surface area contributed by atoms with E-state index < -0.39 is 11.0 Å². The van der Waals surface area contributed by atoms with Crippen LogP contribution >= 0.6 is 0 Å². The number of urea groups is 1. The lowest BCUT2D eigenvalue weighted by atomic mass is 9.84. The predicted octanol–water partition coefficient (Wildman–Crippen LogP) is 4.87. The smallest absolute Gasteiger partial charge is 0.320 e. The number of benzene rings is 2. The predicted molar refractivity (Wildman–Crippen MR) is 112 cm³/mol. The Labute approximate surface area is 172 Å². The van der Waals surface area contributed by atoms with Crippen molar-refractivity contribution in [2.45, 2.75) is 25.8 Å². The molecule has 1 aliphatic carbocycles. The summed E-state index contributed by atoms with van der Waals surface area (Å²) in [6.07, 6.45) is 1.66. The van der Waals surface area contributed by atoms with Crippen LogP contribution < -0.4 is 10.6 Å². The molecule has 7 nitrogen and oxygen atoms in total. The molecular formula is C23H19N3O4. The number of carbonyl (C=O) groups excluding carboxylic acids is 1. The molecule has 2 N–H and O–H groups in total. The summed E-state index contributed by atoms with van der Waals surface area (Å²) in [5.74, 6) is 0.962. The number of furan rings is 1. The molecular weight excluding hydrogens is 382 g/mol. The number of nitro groups is 1. The Morgan fingerprint density at radius 2 is 1.90 bits per heavy atom. The number of amides is 2. The van der Waals surface area contributed by atoms with E-state index >= 15 is 0 Å². The molecule has 1 unspecified atom stereocenters. The molecule has 0 radical (unpaired) electrons. The van der Waals surface area contributed by atoms with E-state index in [9.17, 15) is 14.9 Å². The normalized spacial score (nSPS) is 17.6. The number of aryl methyl sites for hydroxylation is 2.